The molecule has 1 aliphatic carbocycles. The Morgan fingerprint density at radius 3 is 2.53 bits per heavy atom. The summed E-state index contributed by atoms with van der Waals surface area (Å²) in [6.45, 7) is 4.24. The molecule has 0 radical (unpaired) electrons. The molecule has 1 heteroatoms. The molecule has 1 unspecified atom stereocenters. The van der Waals surface area contributed by atoms with Crippen LogP contribution in [0.25, 0.3) is 0 Å². The highest BCUT2D eigenvalue weighted by molar-refractivity contribution is 5.55. The second-order valence-electron chi connectivity index (χ2n) is 4.22. The first-order chi connectivity index (χ1) is 7.18. The Morgan fingerprint density at radius 1 is 1.13 bits per heavy atom. The molecule has 1 nitrogen and oxygen atoms in total. The van der Waals surface area contributed by atoms with E-state index in [-0.39, 0.29) is 0 Å². The van der Waals surface area contributed by atoms with Gasteiger partial charge in [0.25, 0.3) is 0 Å². The van der Waals surface area contributed by atoms with Crippen LogP contribution in [0.1, 0.15) is 29.0 Å². The SMILES string of the molecule is Cc1cc(N)c(C2C=CC=CC2)cc1C. The molecule has 0 aliphatic heterocycles. The summed E-state index contributed by atoms with van der Waals surface area (Å²) in [5.74, 6) is 0.453. The molecule has 0 heterocycles. The van der Waals surface area contributed by atoms with Gasteiger partial charge in [-0.05, 0) is 43.0 Å². The summed E-state index contributed by atoms with van der Waals surface area (Å²) in [5.41, 5.74) is 10.8. The number of benzene rings is 1. The van der Waals surface area contributed by atoms with E-state index in [1.165, 1.54) is 16.7 Å². The molecule has 1 aromatic rings. The minimum atomic E-state index is 0.453. The van der Waals surface area contributed by atoms with Crippen molar-refractivity contribution in [1.29, 1.82) is 0 Å². The predicted octanol–water partition coefficient (Wildman–Crippen LogP) is 3.49. The van der Waals surface area contributed by atoms with Crippen LogP contribution in [-0.4, -0.2) is 0 Å². The maximum absolute atomic E-state index is 6.06. The molecule has 0 amide bonds. The summed E-state index contributed by atoms with van der Waals surface area (Å²) >= 11 is 0. The van der Waals surface area contributed by atoms with Crippen LogP contribution < -0.4 is 5.73 Å². The third-order valence-corrected chi connectivity index (χ3v) is 3.08. The van der Waals surface area contributed by atoms with Crippen molar-refractivity contribution in [2.75, 3.05) is 5.73 Å². The largest absolute Gasteiger partial charge is 0.398 e. The molecule has 78 valence electrons. The van der Waals surface area contributed by atoms with Crippen molar-refractivity contribution in [2.24, 2.45) is 0 Å². The average Bonchev–Trinajstić information content (AvgIpc) is 2.25. The molecule has 2 N–H and O–H groups in total. The van der Waals surface area contributed by atoms with E-state index in [0.29, 0.717) is 5.92 Å². The highest BCUT2D eigenvalue weighted by Crippen LogP contribution is 2.30. The average molecular weight is 199 g/mol. The van der Waals surface area contributed by atoms with Gasteiger partial charge in [-0.15, -0.1) is 0 Å². The quantitative estimate of drug-likeness (QED) is 0.688. The van der Waals surface area contributed by atoms with Crippen molar-refractivity contribution in [1.82, 2.24) is 0 Å². The highest BCUT2D eigenvalue weighted by atomic mass is 14.6. The summed E-state index contributed by atoms with van der Waals surface area (Å²) < 4.78 is 0. The number of hydrogen-bond acceptors (Lipinski definition) is 1. The maximum atomic E-state index is 6.06. The summed E-state index contributed by atoms with van der Waals surface area (Å²) in [6.07, 6.45) is 9.67. The molecule has 0 aromatic heterocycles. The van der Waals surface area contributed by atoms with Crippen molar-refractivity contribution in [3.05, 3.63) is 53.1 Å². The fraction of sp³-hybridized carbons (Fsp3) is 0.286. The zero-order valence-electron chi connectivity index (χ0n) is 9.33. The second-order valence-corrected chi connectivity index (χ2v) is 4.22. The number of nitrogens with two attached hydrogens (primary N) is 1. The Kier molecular flexibility index (Phi) is 2.63. The van der Waals surface area contributed by atoms with Crippen LogP contribution in [0.15, 0.2) is 36.4 Å². The first-order valence-electron chi connectivity index (χ1n) is 5.38. The Morgan fingerprint density at radius 2 is 1.87 bits per heavy atom. The summed E-state index contributed by atoms with van der Waals surface area (Å²) in [6, 6.07) is 4.30. The van der Waals surface area contributed by atoms with Crippen LogP contribution in [0.2, 0.25) is 0 Å². The summed E-state index contributed by atoms with van der Waals surface area (Å²) in [4.78, 5) is 0. The predicted molar refractivity (Wildman–Crippen MR) is 66.0 cm³/mol. The van der Waals surface area contributed by atoms with E-state index in [4.69, 9.17) is 5.73 Å². The van der Waals surface area contributed by atoms with Gasteiger partial charge in [0.05, 0.1) is 0 Å². The smallest absolute Gasteiger partial charge is 0.0355 e. The van der Waals surface area contributed by atoms with E-state index in [2.05, 4.69) is 50.3 Å². The van der Waals surface area contributed by atoms with E-state index < -0.39 is 0 Å². The third-order valence-electron chi connectivity index (χ3n) is 3.08. The van der Waals surface area contributed by atoms with Gasteiger partial charge in [0.1, 0.15) is 0 Å². The standard InChI is InChI=1S/C14H17N/c1-10-8-13(14(15)9-11(10)2)12-6-4-3-5-7-12/h3-6,8-9,12H,7,15H2,1-2H3. The van der Waals surface area contributed by atoms with E-state index in [9.17, 15) is 0 Å². The zero-order valence-corrected chi connectivity index (χ0v) is 9.33. The Hall–Kier alpha value is -1.50. The van der Waals surface area contributed by atoms with Crippen molar-refractivity contribution in [3.8, 4) is 0 Å². The summed E-state index contributed by atoms with van der Waals surface area (Å²) in [7, 11) is 0. The van der Waals surface area contributed by atoms with Gasteiger partial charge in [0, 0.05) is 11.6 Å². The third kappa shape index (κ3) is 1.96. The molecular weight excluding hydrogens is 182 g/mol. The van der Waals surface area contributed by atoms with E-state index in [1.54, 1.807) is 0 Å². The van der Waals surface area contributed by atoms with Gasteiger partial charge in [-0.2, -0.15) is 0 Å². The van der Waals surface area contributed by atoms with Crippen LogP contribution in [0.4, 0.5) is 5.69 Å². The monoisotopic (exact) mass is 199 g/mol. The highest BCUT2D eigenvalue weighted by Gasteiger charge is 2.12. The second kappa shape index (κ2) is 3.93. The summed E-state index contributed by atoms with van der Waals surface area (Å²) in [5, 5.41) is 0. The number of rotatable bonds is 1. The minimum Gasteiger partial charge on any atom is -0.398 e. The van der Waals surface area contributed by atoms with Gasteiger partial charge in [0.15, 0.2) is 0 Å². The number of nitrogen functional groups attached to an aromatic ring is 1. The van der Waals surface area contributed by atoms with Crippen molar-refractivity contribution >= 4 is 5.69 Å². The Labute approximate surface area is 91.3 Å². The number of allylic oxidation sites excluding steroid dienone is 4. The van der Waals surface area contributed by atoms with Gasteiger partial charge in [0.2, 0.25) is 0 Å². The van der Waals surface area contributed by atoms with Gasteiger partial charge in [-0.1, -0.05) is 30.4 Å². The normalized spacial score (nSPS) is 19.5. The lowest BCUT2D eigenvalue weighted by molar-refractivity contribution is 0.854. The molecule has 1 atom stereocenters. The molecular formula is C14H17N. The molecule has 0 spiro atoms. The lowest BCUT2D eigenvalue weighted by atomic mass is 9.89. The molecule has 2 rings (SSSR count). The first kappa shape index (κ1) is 10.0. The van der Waals surface area contributed by atoms with Crippen molar-refractivity contribution < 1.29 is 0 Å². The fourth-order valence-electron chi connectivity index (χ4n) is 1.99. The fourth-order valence-corrected chi connectivity index (χ4v) is 1.99. The molecule has 1 aromatic carbocycles. The van der Waals surface area contributed by atoms with Crippen LogP contribution in [0, 0.1) is 13.8 Å². The van der Waals surface area contributed by atoms with E-state index >= 15 is 0 Å². The minimum absolute atomic E-state index is 0.453. The van der Waals surface area contributed by atoms with Crippen LogP contribution in [-0.2, 0) is 0 Å². The molecule has 1 aliphatic rings. The zero-order chi connectivity index (χ0) is 10.8. The van der Waals surface area contributed by atoms with E-state index in [1.807, 2.05) is 0 Å². The molecule has 0 bridgehead atoms. The van der Waals surface area contributed by atoms with Gasteiger partial charge < -0.3 is 5.73 Å². The lowest BCUT2D eigenvalue weighted by Crippen LogP contribution is -2.03. The molecule has 0 saturated carbocycles. The lowest BCUT2D eigenvalue weighted by Gasteiger charge is -2.17. The van der Waals surface area contributed by atoms with Crippen LogP contribution in [0.5, 0.6) is 0 Å². The van der Waals surface area contributed by atoms with Gasteiger partial charge in [-0.3, -0.25) is 0 Å². The number of anilines is 1. The van der Waals surface area contributed by atoms with Gasteiger partial charge in [-0.25, -0.2) is 0 Å². The number of hydrogen-bond donors (Lipinski definition) is 1. The van der Waals surface area contributed by atoms with Gasteiger partial charge >= 0.3 is 0 Å². The molecule has 0 fully saturated rings. The van der Waals surface area contributed by atoms with Crippen molar-refractivity contribution in [2.45, 2.75) is 26.2 Å². The van der Waals surface area contributed by atoms with Crippen molar-refractivity contribution in [3.63, 3.8) is 0 Å². The molecule has 15 heavy (non-hydrogen) atoms. The maximum Gasteiger partial charge on any atom is 0.0355 e. The molecule has 0 saturated heterocycles. The van der Waals surface area contributed by atoms with E-state index in [0.717, 1.165) is 12.1 Å². The topological polar surface area (TPSA) is 26.0 Å². The number of aryl methyl sites for hydroxylation is 2. The first-order valence-corrected chi connectivity index (χ1v) is 5.38. The van der Waals surface area contributed by atoms with Crippen LogP contribution >= 0.6 is 0 Å². The Bertz CT molecular complexity index is 427. The van der Waals surface area contributed by atoms with Crippen LogP contribution in [0.3, 0.4) is 0 Å². The Balaban J connectivity index is 2.40.